The second-order valence-corrected chi connectivity index (χ2v) is 11.2. The molecule has 5 rings (SSSR count). The van der Waals surface area contributed by atoms with Gasteiger partial charge in [-0.3, -0.25) is 19.5 Å². The molecule has 2 aliphatic heterocycles. The van der Waals surface area contributed by atoms with E-state index in [4.69, 9.17) is 25.8 Å². The van der Waals surface area contributed by atoms with E-state index in [0.29, 0.717) is 41.6 Å². The van der Waals surface area contributed by atoms with Crippen molar-refractivity contribution >= 4 is 50.9 Å². The minimum Gasteiger partial charge on any atom is -0.493 e. The number of nitrogens with zero attached hydrogens (tertiary/aromatic N) is 3. The van der Waals surface area contributed by atoms with Gasteiger partial charge < -0.3 is 29.4 Å². The van der Waals surface area contributed by atoms with Crippen LogP contribution in [0.4, 0.5) is 5.69 Å². The number of fused-ring (bicyclic) bond motifs is 3. The van der Waals surface area contributed by atoms with Gasteiger partial charge >= 0.3 is 0 Å². The highest BCUT2D eigenvalue weighted by molar-refractivity contribution is 6.35. The minimum absolute atomic E-state index is 0.0339. The number of methoxy groups -OCH3 is 1. The molecule has 2 fully saturated rings. The molecule has 38 heavy (non-hydrogen) atoms. The lowest BCUT2D eigenvalue weighted by Gasteiger charge is -2.43. The first kappa shape index (κ1) is 26.7. The third kappa shape index (κ3) is 5.18. The van der Waals surface area contributed by atoms with E-state index in [1.165, 1.54) is 7.11 Å². The molecule has 1 unspecified atom stereocenters. The van der Waals surface area contributed by atoms with Crippen molar-refractivity contribution in [1.29, 1.82) is 0 Å². The molecule has 2 aromatic heterocycles. The van der Waals surface area contributed by atoms with Crippen LogP contribution in [0.1, 0.15) is 27.7 Å². The van der Waals surface area contributed by atoms with Crippen molar-refractivity contribution in [1.82, 2.24) is 19.8 Å². The number of benzene rings is 1. The first-order valence-corrected chi connectivity index (χ1v) is 13.2. The van der Waals surface area contributed by atoms with Crippen LogP contribution in [-0.2, 0) is 19.1 Å². The van der Waals surface area contributed by atoms with E-state index < -0.39 is 11.6 Å². The van der Waals surface area contributed by atoms with Crippen molar-refractivity contribution in [2.75, 3.05) is 45.2 Å². The zero-order valence-electron chi connectivity index (χ0n) is 22.3. The molecular weight excluding hydrogens is 510 g/mol. The van der Waals surface area contributed by atoms with Gasteiger partial charge in [0.15, 0.2) is 5.75 Å². The summed E-state index contributed by atoms with van der Waals surface area (Å²) in [6.45, 7) is 9.56. The first-order valence-electron chi connectivity index (χ1n) is 12.8. The molecule has 4 heterocycles. The lowest BCUT2D eigenvalue weighted by Crippen LogP contribution is -2.61. The standard InChI is InChI=1S/C27H34ClN5O5/c1-15-10-32(11-16(2)38-15)22(34)12-33-14-27(3,4)37-13-21(33)26(35)31-24-23-18(8-19(28)25(24)36-5)17-6-7-29-9-20(17)30-23/h6-9,15-16,21,30H,10-14H2,1-5H3,(H,31,35)/t15-,16+,21?. The van der Waals surface area contributed by atoms with Gasteiger partial charge in [-0.15, -0.1) is 0 Å². The molecule has 2 N–H and O–H groups in total. The SMILES string of the molecule is COc1c(Cl)cc2c([nH]c3cnccc32)c1NC(=O)C1COC(C)(C)CN1CC(=O)N1C[C@@H](C)O[C@@H](C)C1. The maximum atomic E-state index is 13.8. The molecule has 1 aromatic carbocycles. The number of anilines is 1. The van der Waals surface area contributed by atoms with Crippen LogP contribution in [-0.4, -0.2) is 95.3 Å². The molecule has 10 nitrogen and oxygen atoms in total. The number of hydrogen-bond donors (Lipinski definition) is 2. The van der Waals surface area contributed by atoms with Gasteiger partial charge in [-0.1, -0.05) is 11.6 Å². The van der Waals surface area contributed by atoms with Gasteiger partial charge in [0.25, 0.3) is 0 Å². The molecule has 11 heteroatoms. The Hall–Kier alpha value is -2.92. The number of rotatable bonds is 5. The molecule has 2 saturated heterocycles. The fourth-order valence-electron chi connectivity index (χ4n) is 5.48. The summed E-state index contributed by atoms with van der Waals surface area (Å²) in [6, 6.07) is 3.01. The van der Waals surface area contributed by atoms with Gasteiger partial charge in [0, 0.05) is 36.6 Å². The minimum atomic E-state index is -0.687. The van der Waals surface area contributed by atoms with Crippen molar-refractivity contribution in [3.63, 3.8) is 0 Å². The van der Waals surface area contributed by atoms with Crippen LogP contribution >= 0.6 is 11.6 Å². The number of amides is 2. The van der Waals surface area contributed by atoms with E-state index in [1.807, 2.05) is 49.6 Å². The number of carbonyl (C=O) groups is 2. The van der Waals surface area contributed by atoms with Crippen LogP contribution in [0.3, 0.4) is 0 Å². The molecule has 3 aromatic rings. The summed E-state index contributed by atoms with van der Waals surface area (Å²) in [5.41, 5.74) is 1.42. The van der Waals surface area contributed by atoms with Gasteiger partial charge in [-0.25, -0.2) is 0 Å². The van der Waals surface area contributed by atoms with Crippen molar-refractivity contribution in [3.8, 4) is 5.75 Å². The summed E-state index contributed by atoms with van der Waals surface area (Å²) >= 11 is 6.58. The average molecular weight is 544 g/mol. The molecule has 0 aliphatic carbocycles. The monoisotopic (exact) mass is 543 g/mol. The van der Waals surface area contributed by atoms with Crippen LogP contribution in [0.2, 0.25) is 5.02 Å². The summed E-state index contributed by atoms with van der Waals surface area (Å²) in [5.74, 6) is 0.00649. The van der Waals surface area contributed by atoms with E-state index in [9.17, 15) is 9.59 Å². The van der Waals surface area contributed by atoms with E-state index >= 15 is 0 Å². The maximum absolute atomic E-state index is 13.8. The van der Waals surface area contributed by atoms with Crippen molar-refractivity contribution in [2.45, 2.75) is 51.5 Å². The Balaban J connectivity index is 1.44. The maximum Gasteiger partial charge on any atom is 0.244 e. The van der Waals surface area contributed by atoms with E-state index in [1.54, 1.807) is 12.4 Å². The Labute approximate surface area is 226 Å². The lowest BCUT2D eigenvalue weighted by molar-refractivity contribution is -0.156. The van der Waals surface area contributed by atoms with E-state index in [0.717, 1.165) is 16.3 Å². The highest BCUT2D eigenvalue weighted by Gasteiger charge is 2.40. The Kier molecular flexibility index (Phi) is 7.25. The zero-order valence-corrected chi connectivity index (χ0v) is 23.1. The third-order valence-corrected chi connectivity index (χ3v) is 7.41. The number of hydrogen-bond acceptors (Lipinski definition) is 7. The van der Waals surface area contributed by atoms with E-state index in [-0.39, 0.29) is 37.2 Å². The first-order chi connectivity index (χ1) is 18.1. The van der Waals surface area contributed by atoms with Crippen LogP contribution in [0.25, 0.3) is 21.8 Å². The molecule has 0 saturated carbocycles. The number of H-pyrrole nitrogens is 1. The van der Waals surface area contributed by atoms with Crippen molar-refractivity contribution in [2.24, 2.45) is 0 Å². The van der Waals surface area contributed by atoms with Gasteiger partial charge in [-0.05, 0) is 39.8 Å². The Morgan fingerprint density at radius 3 is 2.71 bits per heavy atom. The highest BCUT2D eigenvalue weighted by atomic mass is 35.5. The zero-order chi connectivity index (χ0) is 27.2. The van der Waals surface area contributed by atoms with Gasteiger partial charge in [0.05, 0.1) is 60.3 Å². The molecule has 2 amide bonds. The molecular formula is C27H34ClN5O5. The van der Waals surface area contributed by atoms with Crippen LogP contribution in [0.15, 0.2) is 24.5 Å². The largest absolute Gasteiger partial charge is 0.493 e. The van der Waals surface area contributed by atoms with Crippen molar-refractivity contribution < 1.29 is 23.8 Å². The summed E-state index contributed by atoms with van der Waals surface area (Å²) in [7, 11) is 1.51. The number of morpholine rings is 2. The normalized spacial score (nSPS) is 24.1. The number of ether oxygens (including phenoxy) is 3. The summed E-state index contributed by atoms with van der Waals surface area (Å²) in [5, 5.41) is 5.18. The molecule has 0 radical (unpaired) electrons. The second kappa shape index (κ2) is 10.3. The number of carbonyl (C=O) groups excluding carboxylic acids is 2. The number of pyridine rings is 1. The van der Waals surface area contributed by atoms with Gasteiger partial charge in [0.1, 0.15) is 11.7 Å². The Morgan fingerprint density at radius 1 is 1.26 bits per heavy atom. The molecule has 0 spiro atoms. The fourth-order valence-corrected chi connectivity index (χ4v) is 5.76. The Morgan fingerprint density at radius 2 is 2.00 bits per heavy atom. The van der Waals surface area contributed by atoms with Crippen LogP contribution in [0, 0.1) is 0 Å². The molecule has 0 bridgehead atoms. The quantitative estimate of drug-likeness (QED) is 0.507. The summed E-state index contributed by atoms with van der Waals surface area (Å²) in [4.78, 5) is 38.3. The second-order valence-electron chi connectivity index (χ2n) is 10.8. The summed E-state index contributed by atoms with van der Waals surface area (Å²) in [6.07, 6.45) is 3.36. The number of nitrogens with one attached hydrogen (secondary N) is 2. The van der Waals surface area contributed by atoms with Crippen molar-refractivity contribution in [3.05, 3.63) is 29.5 Å². The average Bonchev–Trinajstić information content (AvgIpc) is 3.21. The van der Waals surface area contributed by atoms with E-state index in [2.05, 4.69) is 15.3 Å². The van der Waals surface area contributed by atoms with Crippen LogP contribution in [0.5, 0.6) is 5.75 Å². The smallest absolute Gasteiger partial charge is 0.244 e. The number of aromatic amines is 1. The lowest BCUT2D eigenvalue weighted by atomic mass is 10.0. The fraction of sp³-hybridized carbons (Fsp3) is 0.519. The summed E-state index contributed by atoms with van der Waals surface area (Å²) < 4.78 is 17.4. The predicted molar refractivity (Wildman–Crippen MR) is 146 cm³/mol. The van der Waals surface area contributed by atoms with Gasteiger partial charge in [-0.2, -0.15) is 0 Å². The number of aromatic nitrogens is 2. The molecule has 204 valence electrons. The molecule has 3 atom stereocenters. The highest BCUT2D eigenvalue weighted by Crippen LogP contribution is 2.42. The third-order valence-electron chi connectivity index (χ3n) is 7.13. The molecule has 2 aliphatic rings. The van der Waals surface area contributed by atoms with Gasteiger partial charge in [0.2, 0.25) is 11.8 Å². The van der Waals surface area contributed by atoms with Crippen LogP contribution < -0.4 is 10.1 Å². The predicted octanol–water partition coefficient (Wildman–Crippen LogP) is 3.43. The Bertz CT molecular complexity index is 1360. The topological polar surface area (TPSA) is 109 Å². The number of halogens is 1.